The van der Waals surface area contributed by atoms with Gasteiger partial charge in [-0.05, 0) is 61.8 Å². The maximum atomic E-state index is 13.0. The summed E-state index contributed by atoms with van der Waals surface area (Å²) in [7, 11) is -3.53. The topological polar surface area (TPSA) is 57.7 Å². The Balaban J connectivity index is 1.40. The van der Waals surface area contributed by atoms with Crippen molar-refractivity contribution in [3.05, 3.63) is 65.7 Å². The van der Waals surface area contributed by atoms with Crippen LogP contribution in [0.5, 0.6) is 0 Å². The normalized spacial score (nSPS) is 19.0. The quantitative estimate of drug-likeness (QED) is 0.727. The second-order valence-electron chi connectivity index (χ2n) is 8.42. The maximum Gasteiger partial charge on any atom is 0.253 e. The van der Waals surface area contributed by atoms with Crippen molar-refractivity contribution in [1.29, 1.82) is 0 Å². The molecular formula is C24H30N2O3S. The fraction of sp³-hybridized carbons (Fsp3) is 0.458. The molecule has 2 aromatic rings. The van der Waals surface area contributed by atoms with Gasteiger partial charge in [-0.15, -0.1) is 0 Å². The zero-order valence-electron chi connectivity index (χ0n) is 17.4. The summed E-state index contributed by atoms with van der Waals surface area (Å²) < 4.78 is 27.5. The Labute approximate surface area is 179 Å². The number of amides is 1. The van der Waals surface area contributed by atoms with Gasteiger partial charge in [-0.25, -0.2) is 8.42 Å². The van der Waals surface area contributed by atoms with Crippen molar-refractivity contribution in [1.82, 2.24) is 9.21 Å². The molecule has 0 saturated carbocycles. The number of hydrogen-bond acceptors (Lipinski definition) is 3. The Morgan fingerprint density at radius 2 is 1.57 bits per heavy atom. The van der Waals surface area contributed by atoms with Crippen LogP contribution in [0, 0.1) is 5.92 Å². The molecule has 160 valence electrons. The first kappa shape index (κ1) is 21.1. The van der Waals surface area contributed by atoms with E-state index in [2.05, 4.69) is 24.3 Å². The van der Waals surface area contributed by atoms with Gasteiger partial charge in [0.05, 0.1) is 4.90 Å². The number of hydrogen-bond donors (Lipinski definition) is 0. The fourth-order valence-electron chi connectivity index (χ4n) is 4.51. The molecule has 5 nitrogen and oxygen atoms in total. The molecule has 0 radical (unpaired) electrons. The summed E-state index contributed by atoms with van der Waals surface area (Å²) >= 11 is 0. The van der Waals surface area contributed by atoms with Crippen LogP contribution in [-0.4, -0.2) is 49.7 Å². The molecule has 0 aromatic heterocycles. The summed E-state index contributed by atoms with van der Waals surface area (Å²) in [6, 6.07) is 17.1. The van der Waals surface area contributed by atoms with Crippen LogP contribution in [0.2, 0.25) is 0 Å². The molecule has 0 unspecified atom stereocenters. The first-order valence-electron chi connectivity index (χ1n) is 11.0. The number of carbonyl (C=O) groups excluding carboxylic acids is 1. The third-order valence-electron chi connectivity index (χ3n) is 6.30. The lowest BCUT2D eigenvalue weighted by Crippen LogP contribution is -2.39. The van der Waals surface area contributed by atoms with E-state index in [1.165, 1.54) is 5.56 Å². The summed E-state index contributed by atoms with van der Waals surface area (Å²) in [5.41, 5.74) is 1.81. The lowest BCUT2D eigenvalue weighted by atomic mass is 9.90. The minimum atomic E-state index is -3.53. The molecule has 0 atom stereocenters. The Morgan fingerprint density at radius 1 is 0.867 bits per heavy atom. The van der Waals surface area contributed by atoms with Crippen molar-refractivity contribution in [2.24, 2.45) is 5.92 Å². The predicted molar refractivity (Wildman–Crippen MR) is 118 cm³/mol. The van der Waals surface area contributed by atoms with E-state index in [0.717, 1.165) is 51.6 Å². The second kappa shape index (κ2) is 9.31. The Bertz CT molecular complexity index is 961. The van der Waals surface area contributed by atoms with E-state index in [0.29, 0.717) is 24.6 Å². The molecule has 2 saturated heterocycles. The van der Waals surface area contributed by atoms with Gasteiger partial charge in [0.2, 0.25) is 10.0 Å². The largest absolute Gasteiger partial charge is 0.339 e. The molecule has 30 heavy (non-hydrogen) atoms. The second-order valence-corrected chi connectivity index (χ2v) is 10.4. The smallest absolute Gasteiger partial charge is 0.253 e. The minimum Gasteiger partial charge on any atom is -0.339 e. The maximum absolute atomic E-state index is 13.0. The van der Waals surface area contributed by atoms with Crippen molar-refractivity contribution in [3.8, 4) is 0 Å². The Morgan fingerprint density at radius 3 is 2.27 bits per heavy atom. The van der Waals surface area contributed by atoms with Crippen LogP contribution < -0.4 is 0 Å². The van der Waals surface area contributed by atoms with Gasteiger partial charge >= 0.3 is 0 Å². The molecule has 2 aromatic carbocycles. The number of sulfonamides is 1. The highest BCUT2D eigenvalue weighted by Crippen LogP contribution is 2.25. The van der Waals surface area contributed by atoms with Gasteiger partial charge in [-0.2, -0.15) is 4.31 Å². The standard InChI is InChI=1S/C24H30N2O3S/c27-24(25-16-12-21(13-17-25)18-20-8-3-1-4-9-20)22-10-7-11-23(19-22)30(28,29)26-14-5-2-6-15-26/h1,3-4,7-11,19,21H,2,5-6,12-18H2. The molecule has 0 N–H and O–H groups in total. The van der Waals surface area contributed by atoms with Crippen LogP contribution in [0.15, 0.2) is 59.5 Å². The van der Waals surface area contributed by atoms with E-state index in [-0.39, 0.29) is 10.8 Å². The summed E-state index contributed by atoms with van der Waals surface area (Å²) in [4.78, 5) is 15.1. The van der Waals surface area contributed by atoms with Crippen LogP contribution in [0.25, 0.3) is 0 Å². The molecule has 1 amide bonds. The minimum absolute atomic E-state index is 0.0659. The predicted octanol–water partition coefficient (Wildman–Crippen LogP) is 3.96. The molecule has 2 aliphatic heterocycles. The lowest BCUT2D eigenvalue weighted by molar-refractivity contribution is 0.0690. The third-order valence-corrected chi connectivity index (χ3v) is 8.20. The number of rotatable bonds is 5. The van der Waals surface area contributed by atoms with Gasteiger partial charge in [0.15, 0.2) is 0 Å². The van der Waals surface area contributed by atoms with E-state index in [4.69, 9.17) is 0 Å². The zero-order valence-corrected chi connectivity index (χ0v) is 18.2. The van der Waals surface area contributed by atoms with Crippen LogP contribution in [0.1, 0.15) is 48.0 Å². The molecule has 0 aliphatic carbocycles. The van der Waals surface area contributed by atoms with Crippen molar-refractivity contribution in [3.63, 3.8) is 0 Å². The number of piperidine rings is 2. The summed E-state index contributed by atoms with van der Waals surface area (Å²) in [5.74, 6) is 0.520. The molecule has 2 fully saturated rings. The van der Waals surface area contributed by atoms with Crippen molar-refractivity contribution < 1.29 is 13.2 Å². The highest BCUT2D eigenvalue weighted by molar-refractivity contribution is 7.89. The van der Waals surface area contributed by atoms with E-state index in [1.807, 2.05) is 11.0 Å². The highest BCUT2D eigenvalue weighted by Gasteiger charge is 2.28. The highest BCUT2D eigenvalue weighted by atomic mass is 32.2. The molecule has 2 heterocycles. The van der Waals surface area contributed by atoms with E-state index < -0.39 is 10.0 Å². The first-order valence-corrected chi connectivity index (χ1v) is 12.4. The number of carbonyl (C=O) groups is 1. The SMILES string of the molecule is O=C(c1cccc(S(=O)(=O)N2CCCCC2)c1)N1CCC(Cc2ccccc2)CC1. The van der Waals surface area contributed by atoms with Crippen molar-refractivity contribution in [2.45, 2.75) is 43.4 Å². The molecule has 0 bridgehead atoms. The van der Waals surface area contributed by atoms with Crippen molar-refractivity contribution in [2.75, 3.05) is 26.2 Å². The number of likely N-dealkylation sites (tertiary alicyclic amines) is 1. The molecule has 4 rings (SSSR count). The van der Waals surface area contributed by atoms with Gasteiger partial charge < -0.3 is 4.90 Å². The molecular weight excluding hydrogens is 396 g/mol. The first-order chi connectivity index (χ1) is 14.5. The summed E-state index contributed by atoms with van der Waals surface area (Å²) in [5, 5.41) is 0. The van der Waals surface area contributed by atoms with E-state index >= 15 is 0 Å². The Kier molecular flexibility index (Phi) is 6.54. The lowest BCUT2D eigenvalue weighted by Gasteiger charge is -2.32. The van der Waals surface area contributed by atoms with Gasteiger partial charge in [0.25, 0.3) is 5.91 Å². The summed E-state index contributed by atoms with van der Waals surface area (Å²) in [6.07, 6.45) is 5.88. The van der Waals surface area contributed by atoms with Crippen LogP contribution >= 0.6 is 0 Å². The fourth-order valence-corrected chi connectivity index (χ4v) is 6.08. The van der Waals surface area contributed by atoms with E-state index in [9.17, 15) is 13.2 Å². The molecule has 0 spiro atoms. The van der Waals surface area contributed by atoms with Gasteiger partial charge in [-0.1, -0.05) is 42.8 Å². The average molecular weight is 427 g/mol. The third kappa shape index (κ3) is 4.76. The van der Waals surface area contributed by atoms with E-state index in [1.54, 1.807) is 28.6 Å². The number of nitrogens with zero attached hydrogens (tertiary/aromatic N) is 2. The molecule has 6 heteroatoms. The van der Waals surface area contributed by atoms with Crippen LogP contribution in [0.4, 0.5) is 0 Å². The zero-order chi connectivity index (χ0) is 21.0. The Hall–Kier alpha value is -2.18. The van der Waals surface area contributed by atoms with Crippen molar-refractivity contribution >= 4 is 15.9 Å². The van der Waals surface area contributed by atoms with Gasteiger partial charge in [0.1, 0.15) is 0 Å². The van der Waals surface area contributed by atoms with Gasteiger partial charge in [0, 0.05) is 31.7 Å². The molecule has 2 aliphatic rings. The van der Waals surface area contributed by atoms with Crippen LogP contribution in [0.3, 0.4) is 0 Å². The number of benzene rings is 2. The van der Waals surface area contributed by atoms with Gasteiger partial charge in [-0.3, -0.25) is 4.79 Å². The average Bonchev–Trinajstić information content (AvgIpc) is 2.80. The van der Waals surface area contributed by atoms with Crippen LogP contribution in [-0.2, 0) is 16.4 Å². The summed E-state index contributed by atoms with van der Waals surface area (Å²) in [6.45, 7) is 2.57. The monoisotopic (exact) mass is 426 g/mol.